The van der Waals surface area contributed by atoms with Gasteiger partial charge in [-0.05, 0) is 12.2 Å². The lowest BCUT2D eigenvalue weighted by molar-refractivity contribution is -0.142. The predicted octanol–water partition coefficient (Wildman–Crippen LogP) is 2.36. The first kappa shape index (κ1) is 11.6. The molecule has 7 heteroatoms. The van der Waals surface area contributed by atoms with Gasteiger partial charge in [0.1, 0.15) is 6.54 Å². The van der Waals surface area contributed by atoms with Crippen molar-refractivity contribution >= 4 is 17.4 Å². The summed E-state index contributed by atoms with van der Waals surface area (Å²) in [6.07, 6.45) is -0.327. The van der Waals surface area contributed by atoms with E-state index in [0.29, 0.717) is 11.7 Å². The molecule has 0 spiro atoms. The van der Waals surface area contributed by atoms with E-state index in [-0.39, 0.29) is 0 Å². The number of nitrogens with one attached hydrogen (secondary N) is 1. The average molecular weight is 251 g/mol. The lowest BCUT2D eigenvalue weighted by Gasteiger charge is -2.10. The number of anilines is 1. The smallest absolute Gasteiger partial charge is 0.379 e. The Kier molecular flexibility index (Phi) is 3.32. The highest BCUT2D eigenvalue weighted by Gasteiger charge is 2.28. The van der Waals surface area contributed by atoms with Gasteiger partial charge in [-0.25, -0.2) is 0 Å². The standard InChI is InChI=1S/C9H12F3N3S/c10-9(11,12)6-15-4-8(3-13-15)14-7-1-2-16-5-7/h3-4,7,14H,1-2,5-6H2. The van der Waals surface area contributed by atoms with Crippen LogP contribution in [0.25, 0.3) is 0 Å². The molecule has 90 valence electrons. The third kappa shape index (κ3) is 3.33. The first-order valence-corrected chi connectivity index (χ1v) is 6.12. The summed E-state index contributed by atoms with van der Waals surface area (Å²) in [6, 6.07) is 0.355. The van der Waals surface area contributed by atoms with Gasteiger partial charge < -0.3 is 5.32 Å². The fraction of sp³-hybridized carbons (Fsp3) is 0.667. The fourth-order valence-electron chi connectivity index (χ4n) is 1.59. The van der Waals surface area contributed by atoms with Crippen molar-refractivity contribution in [1.82, 2.24) is 9.78 Å². The summed E-state index contributed by atoms with van der Waals surface area (Å²) in [6.45, 7) is -1.03. The van der Waals surface area contributed by atoms with Crippen molar-refractivity contribution in [2.75, 3.05) is 16.8 Å². The summed E-state index contributed by atoms with van der Waals surface area (Å²) < 4.78 is 37.1. The summed E-state index contributed by atoms with van der Waals surface area (Å²) in [5, 5.41) is 6.85. The van der Waals surface area contributed by atoms with Crippen LogP contribution in [0.3, 0.4) is 0 Å². The van der Waals surface area contributed by atoms with Crippen LogP contribution in [0, 0.1) is 0 Å². The minimum atomic E-state index is -4.22. The van der Waals surface area contributed by atoms with Crippen LogP contribution < -0.4 is 5.32 Å². The summed E-state index contributed by atoms with van der Waals surface area (Å²) in [7, 11) is 0. The maximum Gasteiger partial charge on any atom is 0.408 e. The number of halogens is 3. The number of hydrogen-bond donors (Lipinski definition) is 1. The van der Waals surface area contributed by atoms with Crippen LogP contribution in [0.2, 0.25) is 0 Å². The zero-order valence-corrected chi connectivity index (χ0v) is 9.31. The molecule has 3 nitrogen and oxygen atoms in total. The van der Waals surface area contributed by atoms with Gasteiger partial charge in [-0.2, -0.15) is 30.0 Å². The number of nitrogens with zero attached hydrogens (tertiary/aromatic N) is 2. The van der Waals surface area contributed by atoms with E-state index in [2.05, 4.69) is 10.4 Å². The van der Waals surface area contributed by atoms with Gasteiger partial charge in [0.05, 0.1) is 11.9 Å². The third-order valence-corrected chi connectivity index (χ3v) is 3.44. The Labute approximate surface area is 95.4 Å². The van der Waals surface area contributed by atoms with Crippen molar-refractivity contribution in [2.45, 2.75) is 25.2 Å². The molecule has 0 amide bonds. The quantitative estimate of drug-likeness (QED) is 0.894. The molecule has 0 radical (unpaired) electrons. The fourth-order valence-corrected chi connectivity index (χ4v) is 2.74. The minimum absolute atomic E-state index is 0.355. The second kappa shape index (κ2) is 4.57. The maximum absolute atomic E-state index is 12.1. The summed E-state index contributed by atoms with van der Waals surface area (Å²) in [5.74, 6) is 2.11. The van der Waals surface area contributed by atoms with Crippen LogP contribution in [0.4, 0.5) is 18.9 Å². The summed E-state index contributed by atoms with van der Waals surface area (Å²) in [4.78, 5) is 0. The van der Waals surface area contributed by atoms with Gasteiger partial charge in [0.2, 0.25) is 0 Å². The van der Waals surface area contributed by atoms with Crippen LogP contribution >= 0.6 is 11.8 Å². The topological polar surface area (TPSA) is 29.9 Å². The van der Waals surface area contributed by atoms with E-state index in [4.69, 9.17) is 0 Å². The molecule has 1 atom stereocenters. The highest BCUT2D eigenvalue weighted by Crippen LogP contribution is 2.22. The van der Waals surface area contributed by atoms with E-state index >= 15 is 0 Å². The van der Waals surface area contributed by atoms with Crippen molar-refractivity contribution in [3.63, 3.8) is 0 Å². The molecule has 1 N–H and O–H groups in total. The second-order valence-electron chi connectivity index (χ2n) is 3.75. The number of rotatable bonds is 3. The minimum Gasteiger partial charge on any atom is -0.379 e. The average Bonchev–Trinajstić information content (AvgIpc) is 2.75. The molecular formula is C9H12F3N3S. The molecule has 0 aliphatic carbocycles. The van der Waals surface area contributed by atoms with Crippen LogP contribution in [0.1, 0.15) is 6.42 Å². The van der Waals surface area contributed by atoms with E-state index in [9.17, 15) is 13.2 Å². The zero-order valence-electron chi connectivity index (χ0n) is 8.50. The van der Waals surface area contributed by atoms with Gasteiger partial charge in [0, 0.05) is 18.0 Å². The molecule has 1 aliphatic rings. The highest BCUT2D eigenvalue weighted by molar-refractivity contribution is 7.99. The van der Waals surface area contributed by atoms with Crippen molar-refractivity contribution in [3.8, 4) is 0 Å². The Bertz CT molecular complexity index is 344. The van der Waals surface area contributed by atoms with Gasteiger partial charge >= 0.3 is 6.18 Å². The Balaban J connectivity index is 1.91. The van der Waals surface area contributed by atoms with Crippen molar-refractivity contribution in [2.24, 2.45) is 0 Å². The molecular weight excluding hydrogens is 239 g/mol. The van der Waals surface area contributed by atoms with Gasteiger partial charge in [-0.3, -0.25) is 4.68 Å². The Hall–Kier alpha value is -0.850. The predicted molar refractivity (Wildman–Crippen MR) is 57.6 cm³/mol. The Morgan fingerprint density at radius 3 is 3.00 bits per heavy atom. The molecule has 1 aromatic rings. The van der Waals surface area contributed by atoms with Gasteiger partial charge in [-0.15, -0.1) is 0 Å². The SMILES string of the molecule is FC(F)(F)Cn1cc(NC2CCSC2)cn1. The number of alkyl halides is 3. The lowest BCUT2D eigenvalue weighted by Crippen LogP contribution is -2.19. The number of aromatic nitrogens is 2. The largest absolute Gasteiger partial charge is 0.408 e. The molecule has 2 heterocycles. The molecule has 1 unspecified atom stereocenters. The van der Waals surface area contributed by atoms with Gasteiger partial charge in [0.25, 0.3) is 0 Å². The molecule has 16 heavy (non-hydrogen) atoms. The van der Waals surface area contributed by atoms with E-state index in [1.807, 2.05) is 11.8 Å². The lowest BCUT2D eigenvalue weighted by atomic mass is 10.2. The first-order valence-electron chi connectivity index (χ1n) is 4.96. The van der Waals surface area contributed by atoms with Crippen LogP contribution in [0.5, 0.6) is 0 Å². The number of thioether (sulfide) groups is 1. The number of hydrogen-bond acceptors (Lipinski definition) is 3. The highest BCUT2D eigenvalue weighted by atomic mass is 32.2. The molecule has 1 aliphatic heterocycles. The Morgan fingerprint density at radius 1 is 1.56 bits per heavy atom. The molecule has 1 fully saturated rings. The van der Waals surface area contributed by atoms with E-state index < -0.39 is 12.7 Å². The van der Waals surface area contributed by atoms with Crippen LogP contribution in [-0.4, -0.2) is 33.5 Å². The molecule has 0 saturated carbocycles. The van der Waals surface area contributed by atoms with E-state index in [1.54, 1.807) is 0 Å². The van der Waals surface area contributed by atoms with E-state index in [1.165, 1.54) is 12.4 Å². The molecule has 0 aromatic carbocycles. The summed E-state index contributed by atoms with van der Waals surface area (Å²) in [5.41, 5.74) is 0.664. The monoisotopic (exact) mass is 251 g/mol. The normalized spacial score (nSPS) is 21.3. The molecule has 1 aromatic heterocycles. The maximum atomic E-state index is 12.1. The summed E-state index contributed by atoms with van der Waals surface area (Å²) >= 11 is 1.85. The van der Waals surface area contributed by atoms with Gasteiger partial charge in [-0.1, -0.05) is 0 Å². The molecule has 2 rings (SSSR count). The zero-order chi connectivity index (χ0) is 11.6. The Morgan fingerprint density at radius 2 is 2.38 bits per heavy atom. The molecule has 0 bridgehead atoms. The van der Waals surface area contributed by atoms with Crippen LogP contribution in [-0.2, 0) is 6.54 Å². The first-order chi connectivity index (χ1) is 7.53. The van der Waals surface area contributed by atoms with E-state index in [0.717, 1.165) is 22.6 Å². The van der Waals surface area contributed by atoms with Crippen LogP contribution in [0.15, 0.2) is 12.4 Å². The second-order valence-corrected chi connectivity index (χ2v) is 4.90. The van der Waals surface area contributed by atoms with Crippen molar-refractivity contribution in [3.05, 3.63) is 12.4 Å². The molecule has 1 saturated heterocycles. The van der Waals surface area contributed by atoms with Crippen molar-refractivity contribution in [1.29, 1.82) is 0 Å². The van der Waals surface area contributed by atoms with Crippen molar-refractivity contribution < 1.29 is 13.2 Å². The third-order valence-electron chi connectivity index (χ3n) is 2.28. The van der Waals surface area contributed by atoms with Gasteiger partial charge in [0.15, 0.2) is 0 Å².